The van der Waals surface area contributed by atoms with Crippen LogP contribution in [0.2, 0.25) is 0 Å². The topological polar surface area (TPSA) is 47.9 Å². The van der Waals surface area contributed by atoms with Crippen molar-refractivity contribution in [1.82, 2.24) is 0 Å². The quantitative estimate of drug-likeness (QED) is 0.892. The molecule has 1 N–H and O–H groups in total. The molecule has 3 aliphatic heterocycles. The van der Waals surface area contributed by atoms with Crippen LogP contribution in [-0.2, 0) is 15.1 Å². The van der Waals surface area contributed by atoms with Gasteiger partial charge in [-0.05, 0) is 68.1 Å². The molecule has 0 aromatic heterocycles. The van der Waals surface area contributed by atoms with E-state index in [0.29, 0.717) is 0 Å². The second-order valence-electron chi connectivity index (χ2n) is 7.70. The standard InChI is InChI=1S/C20H28O4/c21-12-11-19-7-9-20(10-8-19,23-15-19)16-4-3-5-17(14-16)24-18-6-1-2-13-22-18/h3-5,14,18,21H,1-2,6-13,15H2. The molecule has 4 nitrogen and oxygen atoms in total. The summed E-state index contributed by atoms with van der Waals surface area (Å²) in [6.45, 7) is 1.83. The van der Waals surface area contributed by atoms with Gasteiger partial charge < -0.3 is 19.3 Å². The zero-order chi connectivity index (χ0) is 16.5. The molecule has 3 saturated heterocycles. The Bertz CT molecular complexity index is 540. The first-order valence-electron chi connectivity index (χ1n) is 9.37. The largest absolute Gasteiger partial charge is 0.465 e. The van der Waals surface area contributed by atoms with Gasteiger partial charge in [-0.2, -0.15) is 0 Å². The van der Waals surface area contributed by atoms with E-state index in [2.05, 4.69) is 18.2 Å². The molecule has 1 aromatic rings. The molecule has 24 heavy (non-hydrogen) atoms. The third-order valence-corrected chi connectivity index (χ3v) is 6.18. The summed E-state index contributed by atoms with van der Waals surface area (Å²) in [4.78, 5) is 0. The third kappa shape index (κ3) is 3.07. The van der Waals surface area contributed by atoms with E-state index in [1.807, 2.05) is 6.07 Å². The Balaban J connectivity index is 1.48. The number of hydrogen-bond donors (Lipinski definition) is 1. The van der Waals surface area contributed by atoms with Crippen LogP contribution in [0.3, 0.4) is 0 Å². The Labute approximate surface area is 144 Å². The van der Waals surface area contributed by atoms with Crippen molar-refractivity contribution in [3.8, 4) is 5.75 Å². The summed E-state index contributed by atoms with van der Waals surface area (Å²) >= 11 is 0. The monoisotopic (exact) mass is 332 g/mol. The molecule has 5 rings (SSSR count). The molecule has 3 heterocycles. The first-order valence-corrected chi connectivity index (χ1v) is 9.37. The van der Waals surface area contributed by atoms with Gasteiger partial charge in [0.2, 0.25) is 0 Å². The fourth-order valence-electron chi connectivity index (χ4n) is 4.50. The van der Waals surface area contributed by atoms with Crippen molar-refractivity contribution in [2.75, 3.05) is 19.8 Å². The van der Waals surface area contributed by atoms with Crippen LogP contribution in [0.5, 0.6) is 5.75 Å². The molecule has 0 radical (unpaired) electrons. The van der Waals surface area contributed by atoms with Crippen molar-refractivity contribution < 1.29 is 19.3 Å². The SMILES string of the molecule is OCCC12CCC(c3cccc(OC4CCCCO4)c3)(CC1)OC2. The number of benzene rings is 1. The minimum absolute atomic E-state index is 0.109. The Kier molecular flexibility index (Phi) is 4.54. The first kappa shape index (κ1) is 16.4. The van der Waals surface area contributed by atoms with Crippen molar-refractivity contribution in [3.05, 3.63) is 29.8 Å². The lowest BCUT2D eigenvalue weighted by Crippen LogP contribution is -2.49. The predicted molar refractivity (Wildman–Crippen MR) is 90.9 cm³/mol. The van der Waals surface area contributed by atoms with Gasteiger partial charge in [0, 0.05) is 13.0 Å². The smallest absolute Gasteiger partial charge is 0.199 e. The van der Waals surface area contributed by atoms with Crippen LogP contribution in [-0.4, -0.2) is 31.2 Å². The van der Waals surface area contributed by atoms with E-state index in [0.717, 1.165) is 63.9 Å². The molecule has 132 valence electrons. The van der Waals surface area contributed by atoms with Crippen LogP contribution in [0, 0.1) is 5.41 Å². The maximum absolute atomic E-state index is 9.32. The maximum Gasteiger partial charge on any atom is 0.199 e. The van der Waals surface area contributed by atoms with E-state index in [9.17, 15) is 5.11 Å². The van der Waals surface area contributed by atoms with E-state index >= 15 is 0 Å². The van der Waals surface area contributed by atoms with Gasteiger partial charge in [-0.15, -0.1) is 0 Å². The minimum atomic E-state index is -0.163. The summed E-state index contributed by atoms with van der Waals surface area (Å²) in [6.07, 6.45) is 8.39. The summed E-state index contributed by atoms with van der Waals surface area (Å²) in [5.74, 6) is 0.884. The predicted octanol–water partition coefficient (Wildman–Crippen LogP) is 3.76. The molecule has 1 atom stereocenters. The Morgan fingerprint density at radius 1 is 1.17 bits per heavy atom. The lowest BCUT2D eigenvalue weighted by atomic mass is 9.63. The van der Waals surface area contributed by atoms with E-state index < -0.39 is 0 Å². The Morgan fingerprint density at radius 3 is 2.71 bits per heavy atom. The highest BCUT2D eigenvalue weighted by Gasteiger charge is 2.50. The first-order chi connectivity index (χ1) is 11.7. The van der Waals surface area contributed by atoms with Gasteiger partial charge >= 0.3 is 0 Å². The molecule has 0 spiro atoms. The van der Waals surface area contributed by atoms with Crippen LogP contribution >= 0.6 is 0 Å². The summed E-state index contributed by atoms with van der Waals surface area (Å²) in [6, 6.07) is 8.39. The normalized spacial score (nSPS) is 35.8. The highest BCUT2D eigenvalue weighted by atomic mass is 16.7. The van der Waals surface area contributed by atoms with E-state index in [1.165, 1.54) is 12.0 Å². The number of fused-ring (bicyclic) bond motifs is 3. The third-order valence-electron chi connectivity index (χ3n) is 6.18. The molecule has 4 aliphatic rings. The molecule has 1 aromatic carbocycles. The molecular formula is C20H28O4. The summed E-state index contributed by atoms with van der Waals surface area (Å²) in [5.41, 5.74) is 1.28. The van der Waals surface area contributed by atoms with E-state index in [-0.39, 0.29) is 23.9 Å². The Hall–Kier alpha value is -1.10. The van der Waals surface area contributed by atoms with Crippen molar-refractivity contribution >= 4 is 0 Å². The average molecular weight is 332 g/mol. The number of hydrogen-bond acceptors (Lipinski definition) is 4. The molecule has 1 aliphatic carbocycles. The lowest BCUT2D eigenvalue weighted by molar-refractivity contribution is -0.193. The van der Waals surface area contributed by atoms with Crippen molar-refractivity contribution in [1.29, 1.82) is 0 Å². The fraction of sp³-hybridized carbons (Fsp3) is 0.700. The van der Waals surface area contributed by atoms with Gasteiger partial charge in [-0.3, -0.25) is 0 Å². The molecule has 1 saturated carbocycles. The molecule has 1 unspecified atom stereocenters. The van der Waals surface area contributed by atoms with Crippen molar-refractivity contribution in [2.24, 2.45) is 5.41 Å². The van der Waals surface area contributed by atoms with E-state index in [4.69, 9.17) is 14.2 Å². The lowest BCUT2D eigenvalue weighted by Gasteiger charge is -2.53. The van der Waals surface area contributed by atoms with Gasteiger partial charge in [0.15, 0.2) is 6.29 Å². The Morgan fingerprint density at radius 2 is 2.04 bits per heavy atom. The molecule has 0 amide bonds. The number of ether oxygens (including phenoxy) is 3. The highest BCUT2D eigenvalue weighted by molar-refractivity contribution is 5.34. The second-order valence-corrected chi connectivity index (χ2v) is 7.70. The van der Waals surface area contributed by atoms with Crippen molar-refractivity contribution in [3.63, 3.8) is 0 Å². The summed E-state index contributed by atoms with van der Waals surface area (Å²) < 4.78 is 18.1. The second kappa shape index (κ2) is 6.66. The van der Waals surface area contributed by atoms with Crippen molar-refractivity contribution in [2.45, 2.75) is 63.3 Å². The fourth-order valence-corrected chi connectivity index (χ4v) is 4.50. The van der Waals surface area contributed by atoms with Crippen LogP contribution in [0.4, 0.5) is 0 Å². The van der Waals surface area contributed by atoms with Crippen LogP contribution in [0.1, 0.15) is 56.9 Å². The highest BCUT2D eigenvalue weighted by Crippen LogP contribution is 2.55. The van der Waals surface area contributed by atoms with Gasteiger partial charge in [0.25, 0.3) is 0 Å². The van der Waals surface area contributed by atoms with Gasteiger partial charge in [0.05, 0.1) is 18.8 Å². The van der Waals surface area contributed by atoms with Crippen LogP contribution < -0.4 is 4.74 Å². The van der Waals surface area contributed by atoms with Gasteiger partial charge in [-0.25, -0.2) is 0 Å². The number of aliphatic hydroxyl groups is 1. The van der Waals surface area contributed by atoms with Crippen LogP contribution in [0.25, 0.3) is 0 Å². The van der Waals surface area contributed by atoms with E-state index in [1.54, 1.807) is 0 Å². The molecule has 2 bridgehead atoms. The molecule has 4 fully saturated rings. The minimum Gasteiger partial charge on any atom is -0.465 e. The number of rotatable bonds is 5. The maximum atomic E-state index is 9.32. The summed E-state index contributed by atoms with van der Waals surface area (Å²) in [5, 5.41) is 9.32. The zero-order valence-corrected chi connectivity index (χ0v) is 14.3. The molecular weight excluding hydrogens is 304 g/mol. The average Bonchev–Trinajstić information content (AvgIpc) is 2.64. The zero-order valence-electron chi connectivity index (χ0n) is 14.3. The van der Waals surface area contributed by atoms with Gasteiger partial charge in [0.1, 0.15) is 5.75 Å². The van der Waals surface area contributed by atoms with Crippen LogP contribution in [0.15, 0.2) is 24.3 Å². The summed E-state index contributed by atoms with van der Waals surface area (Å²) in [7, 11) is 0. The number of aliphatic hydroxyl groups excluding tert-OH is 1. The van der Waals surface area contributed by atoms with Gasteiger partial charge in [-0.1, -0.05) is 12.1 Å². The molecule has 4 heteroatoms.